The van der Waals surface area contributed by atoms with Gasteiger partial charge in [0.1, 0.15) is 23.0 Å². The lowest BCUT2D eigenvalue weighted by molar-refractivity contribution is -0.134. The predicted molar refractivity (Wildman–Crippen MR) is 83.1 cm³/mol. The molecule has 0 aliphatic rings. The lowest BCUT2D eigenvalue weighted by Crippen LogP contribution is -2.13. The Labute approximate surface area is 138 Å². The van der Waals surface area contributed by atoms with E-state index < -0.39 is 12.1 Å². The second-order valence-corrected chi connectivity index (χ2v) is 4.77. The molecule has 2 aromatic carbocycles. The quantitative estimate of drug-likeness (QED) is 0.363. The molecule has 24 heavy (non-hydrogen) atoms. The van der Waals surface area contributed by atoms with Crippen molar-refractivity contribution in [1.82, 2.24) is 0 Å². The van der Waals surface area contributed by atoms with Gasteiger partial charge in [-0.3, -0.25) is 4.79 Å². The van der Waals surface area contributed by atoms with Gasteiger partial charge in [-0.15, -0.1) is 0 Å². The minimum absolute atomic E-state index is 0.00155. The smallest absolute Gasteiger partial charge is 0.508 e. The highest BCUT2D eigenvalue weighted by Crippen LogP contribution is 2.19. The zero-order valence-electron chi connectivity index (χ0n) is 12.7. The number of carbonyl (C=O) groups is 2. The van der Waals surface area contributed by atoms with Crippen LogP contribution >= 0.6 is 0 Å². The van der Waals surface area contributed by atoms with Crippen LogP contribution in [0.5, 0.6) is 23.0 Å². The fourth-order valence-corrected chi connectivity index (χ4v) is 1.77. The molecule has 7 heteroatoms. The minimum atomic E-state index is -0.929. The molecule has 0 unspecified atom stereocenters. The molecule has 2 rings (SSSR count). The summed E-state index contributed by atoms with van der Waals surface area (Å²) in [5.41, 5.74) is 0. The first-order valence-corrected chi connectivity index (χ1v) is 7.16. The number of hydrogen-bond donors (Lipinski definition) is 2. The number of benzene rings is 2. The van der Waals surface area contributed by atoms with Crippen molar-refractivity contribution in [2.75, 3.05) is 6.61 Å². The van der Waals surface area contributed by atoms with Gasteiger partial charge in [-0.05, 0) is 30.7 Å². The van der Waals surface area contributed by atoms with Crippen LogP contribution in [-0.2, 0) is 9.53 Å². The molecule has 0 spiro atoms. The third kappa shape index (κ3) is 5.88. The maximum atomic E-state index is 11.6. The predicted octanol–water partition coefficient (Wildman–Crippen LogP) is 3.00. The van der Waals surface area contributed by atoms with E-state index in [0.29, 0.717) is 0 Å². The van der Waals surface area contributed by atoms with E-state index in [-0.39, 0.29) is 42.4 Å². The monoisotopic (exact) mass is 332 g/mol. The zero-order chi connectivity index (χ0) is 17.4. The van der Waals surface area contributed by atoms with Crippen LogP contribution in [0.25, 0.3) is 0 Å². The number of phenols is 2. The van der Waals surface area contributed by atoms with Gasteiger partial charge in [0, 0.05) is 18.6 Å². The summed E-state index contributed by atoms with van der Waals surface area (Å²) in [5, 5.41) is 18.5. The van der Waals surface area contributed by atoms with Crippen molar-refractivity contribution in [3.63, 3.8) is 0 Å². The molecule has 0 bridgehead atoms. The Morgan fingerprint density at radius 1 is 0.875 bits per heavy atom. The molecular formula is C17H16O7. The van der Waals surface area contributed by atoms with Crippen LogP contribution in [0, 0.1) is 0 Å². The van der Waals surface area contributed by atoms with Gasteiger partial charge in [-0.2, -0.15) is 0 Å². The lowest BCUT2D eigenvalue weighted by atomic mass is 10.3. The summed E-state index contributed by atoms with van der Waals surface area (Å²) in [4.78, 5) is 23.0. The Bertz CT molecular complexity index is 650. The van der Waals surface area contributed by atoms with Crippen LogP contribution in [-0.4, -0.2) is 28.9 Å². The molecule has 7 nitrogen and oxygen atoms in total. The Morgan fingerprint density at radius 2 is 1.46 bits per heavy atom. The van der Waals surface area contributed by atoms with Crippen molar-refractivity contribution < 1.29 is 34.0 Å². The maximum absolute atomic E-state index is 11.6. The van der Waals surface area contributed by atoms with Crippen LogP contribution in [0.4, 0.5) is 4.79 Å². The molecule has 0 atom stereocenters. The highest BCUT2D eigenvalue weighted by molar-refractivity contribution is 5.72. The van der Waals surface area contributed by atoms with Crippen molar-refractivity contribution in [1.29, 1.82) is 0 Å². The fourth-order valence-electron chi connectivity index (χ4n) is 1.77. The standard InChI is InChI=1S/C17H16O7/c18-12-4-1-6-14(10-12)23-16(20)8-3-9-22-17(21)24-15-7-2-5-13(19)11-15/h1-2,4-7,10-11,18-19H,3,8-9H2. The molecule has 0 fully saturated rings. The van der Waals surface area contributed by atoms with E-state index >= 15 is 0 Å². The van der Waals surface area contributed by atoms with E-state index in [1.807, 2.05) is 0 Å². The topological polar surface area (TPSA) is 102 Å². The number of ether oxygens (including phenoxy) is 3. The third-order valence-corrected chi connectivity index (χ3v) is 2.81. The average Bonchev–Trinajstić information content (AvgIpc) is 2.51. The van der Waals surface area contributed by atoms with Crippen LogP contribution in [0.15, 0.2) is 48.5 Å². The molecule has 0 aromatic heterocycles. The van der Waals surface area contributed by atoms with Gasteiger partial charge in [0.15, 0.2) is 0 Å². The summed E-state index contributed by atoms with van der Waals surface area (Å²) in [6.45, 7) is -0.0210. The molecule has 2 aromatic rings. The van der Waals surface area contributed by atoms with Gasteiger partial charge in [-0.25, -0.2) is 4.79 Å². The first-order chi connectivity index (χ1) is 11.5. The highest BCUT2D eigenvalue weighted by Gasteiger charge is 2.09. The molecule has 0 heterocycles. The van der Waals surface area contributed by atoms with Crippen LogP contribution in [0.2, 0.25) is 0 Å². The Kier molecular flexibility index (Phi) is 6.01. The van der Waals surface area contributed by atoms with Gasteiger partial charge in [0.2, 0.25) is 0 Å². The van der Waals surface area contributed by atoms with E-state index in [2.05, 4.69) is 0 Å². The number of hydrogen-bond acceptors (Lipinski definition) is 7. The first kappa shape index (κ1) is 17.1. The molecule has 0 aliphatic heterocycles. The van der Waals surface area contributed by atoms with Crippen molar-refractivity contribution >= 4 is 12.1 Å². The van der Waals surface area contributed by atoms with E-state index in [4.69, 9.17) is 14.2 Å². The van der Waals surface area contributed by atoms with Crippen molar-refractivity contribution in [2.45, 2.75) is 12.8 Å². The minimum Gasteiger partial charge on any atom is -0.508 e. The molecule has 0 saturated carbocycles. The van der Waals surface area contributed by atoms with Crippen molar-refractivity contribution in [2.24, 2.45) is 0 Å². The zero-order valence-corrected chi connectivity index (χ0v) is 12.7. The van der Waals surface area contributed by atoms with E-state index in [9.17, 15) is 19.8 Å². The van der Waals surface area contributed by atoms with Crippen molar-refractivity contribution in [3.8, 4) is 23.0 Å². The number of esters is 1. The van der Waals surface area contributed by atoms with E-state index in [0.717, 1.165) is 0 Å². The van der Waals surface area contributed by atoms with Crippen LogP contribution < -0.4 is 9.47 Å². The Balaban J connectivity index is 1.65. The number of aromatic hydroxyl groups is 2. The van der Waals surface area contributed by atoms with Crippen LogP contribution in [0.1, 0.15) is 12.8 Å². The summed E-state index contributed by atoms with van der Waals surface area (Å²) in [6.07, 6.45) is -0.635. The lowest BCUT2D eigenvalue weighted by Gasteiger charge is -2.06. The van der Waals surface area contributed by atoms with E-state index in [1.165, 1.54) is 36.4 Å². The Hall–Kier alpha value is -3.22. The molecule has 0 radical (unpaired) electrons. The number of carbonyl (C=O) groups excluding carboxylic acids is 2. The molecular weight excluding hydrogens is 316 g/mol. The number of rotatable bonds is 6. The van der Waals surface area contributed by atoms with Crippen LogP contribution in [0.3, 0.4) is 0 Å². The summed E-state index contributed by atoms with van der Waals surface area (Å²) in [7, 11) is 0. The van der Waals surface area contributed by atoms with Gasteiger partial charge in [0.25, 0.3) is 0 Å². The first-order valence-electron chi connectivity index (χ1n) is 7.16. The largest absolute Gasteiger partial charge is 0.513 e. The third-order valence-electron chi connectivity index (χ3n) is 2.81. The van der Waals surface area contributed by atoms with E-state index in [1.54, 1.807) is 12.1 Å². The van der Waals surface area contributed by atoms with Gasteiger partial charge < -0.3 is 24.4 Å². The second-order valence-electron chi connectivity index (χ2n) is 4.77. The summed E-state index contributed by atoms with van der Waals surface area (Å²) in [6, 6.07) is 11.6. The summed E-state index contributed by atoms with van der Waals surface area (Å²) >= 11 is 0. The van der Waals surface area contributed by atoms with Gasteiger partial charge >= 0.3 is 12.1 Å². The molecule has 0 aliphatic carbocycles. The molecule has 2 N–H and O–H groups in total. The summed E-state index contributed by atoms with van der Waals surface area (Å²) < 4.78 is 14.7. The van der Waals surface area contributed by atoms with Gasteiger partial charge in [-0.1, -0.05) is 12.1 Å². The Morgan fingerprint density at radius 3 is 2.04 bits per heavy atom. The summed E-state index contributed by atoms with van der Waals surface area (Å²) in [5.74, 6) is -0.147. The molecule has 0 saturated heterocycles. The highest BCUT2D eigenvalue weighted by atomic mass is 16.7. The maximum Gasteiger partial charge on any atom is 0.513 e. The molecule has 0 amide bonds. The second kappa shape index (κ2) is 8.42. The van der Waals surface area contributed by atoms with Gasteiger partial charge in [0.05, 0.1) is 6.61 Å². The average molecular weight is 332 g/mol. The molecule has 126 valence electrons. The number of phenolic OH excluding ortho intramolecular Hbond substituents is 2. The van der Waals surface area contributed by atoms with Crippen molar-refractivity contribution in [3.05, 3.63) is 48.5 Å². The normalized spacial score (nSPS) is 10.0. The fraction of sp³-hybridized carbons (Fsp3) is 0.176. The SMILES string of the molecule is O=C(CCCOC(=O)Oc1cccc(O)c1)Oc1cccc(O)c1.